The number of carbonyl (C=O) groups excluding carboxylic acids is 2. The van der Waals surface area contributed by atoms with Crippen LogP contribution in [0.5, 0.6) is 0 Å². The van der Waals surface area contributed by atoms with E-state index < -0.39 is 17.4 Å². The predicted octanol–water partition coefficient (Wildman–Crippen LogP) is 4.10. The van der Waals surface area contributed by atoms with Gasteiger partial charge in [-0.25, -0.2) is 4.79 Å². The monoisotopic (exact) mass is 410 g/mol. The Morgan fingerprint density at radius 1 is 1.17 bits per heavy atom. The number of ether oxygens (including phenoxy) is 1. The Labute approximate surface area is 169 Å². The number of aromatic amines is 1. The zero-order valence-corrected chi connectivity index (χ0v) is 16.0. The van der Waals surface area contributed by atoms with E-state index in [1.807, 2.05) is 6.07 Å². The lowest BCUT2D eigenvalue weighted by Gasteiger charge is -2.11. The van der Waals surface area contributed by atoms with E-state index in [2.05, 4.69) is 10.3 Å². The van der Waals surface area contributed by atoms with Crippen LogP contribution in [0.1, 0.15) is 6.92 Å². The van der Waals surface area contributed by atoms with Crippen molar-refractivity contribution < 1.29 is 18.7 Å². The van der Waals surface area contributed by atoms with Gasteiger partial charge in [0.05, 0.1) is 17.7 Å². The van der Waals surface area contributed by atoms with Crippen LogP contribution in [0.4, 0.5) is 5.69 Å². The number of anilines is 1. The number of rotatable bonds is 3. The van der Waals surface area contributed by atoms with Crippen molar-refractivity contribution in [1.29, 1.82) is 0 Å². The topological polar surface area (TPSA) is 101 Å². The molecule has 2 aromatic heterocycles. The van der Waals surface area contributed by atoms with E-state index >= 15 is 0 Å². The molecule has 2 N–H and O–H groups in total. The lowest BCUT2D eigenvalue weighted by molar-refractivity contribution is -0.152. The number of benzene rings is 2. The van der Waals surface area contributed by atoms with E-state index in [1.54, 1.807) is 49.4 Å². The Morgan fingerprint density at radius 2 is 1.93 bits per heavy atom. The van der Waals surface area contributed by atoms with E-state index in [-0.39, 0.29) is 12.3 Å². The molecule has 29 heavy (non-hydrogen) atoms. The van der Waals surface area contributed by atoms with Gasteiger partial charge in [0.2, 0.25) is 0 Å². The highest BCUT2D eigenvalue weighted by Gasteiger charge is 2.24. The molecule has 0 atom stereocenters. The fourth-order valence-electron chi connectivity index (χ4n) is 3.13. The van der Waals surface area contributed by atoms with Crippen LogP contribution in [0.25, 0.3) is 33.2 Å². The van der Waals surface area contributed by atoms with Crippen LogP contribution in [0.2, 0.25) is 5.02 Å². The number of nitrogens with one attached hydrogen (secondary N) is 2. The Kier molecular flexibility index (Phi) is 4.82. The number of hydrogen-bond donors (Lipinski definition) is 2. The zero-order chi connectivity index (χ0) is 20.5. The van der Waals surface area contributed by atoms with E-state index in [0.29, 0.717) is 38.2 Å². The number of fused-ring (bicyclic) bond motifs is 3. The SMILES string of the molecule is CCOC(=O)C(=O)Nc1c(-c2ccccc2)c2oc3ccc(Cl)cc3c2[nH]c1=O. The van der Waals surface area contributed by atoms with Gasteiger partial charge in [-0.05, 0) is 30.7 Å². The van der Waals surface area contributed by atoms with Crippen molar-refractivity contribution in [3.63, 3.8) is 0 Å². The standard InChI is InChI=1S/C21H15ClN2O5/c1-2-28-21(27)20(26)24-17-15(11-6-4-3-5-7-11)18-16(23-19(17)25)13-10-12(22)8-9-14(13)29-18/h3-10H,2H2,1H3,(H,23,25)(H,24,26). The highest BCUT2D eigenvalue weighted by molar-refractivity contribution is 6.38. The molecule has 0 spiro atoms. The van der Waals surface area contributed by atoms with E-state index in [0.717, 1.165) is 0 Å². The predicted molar refractivity (Wildman–Crippen MR) is 110 cm³/mol. The normalized spacial score (nSPS) is 11.0. The summed E-state index contributed by atoms with van der Waals surface area (Å²) in [4.78, 5) is 39.6. The molecule has 0 saturated heterocycles. The quantitative estimate of drug-likeness (QED) is 0.391. The molecule has 0 aliphatic rings. The number of halogens is 1. The Bertz CT molecular complexity index is 1310. The van der Waals surface area contributed by atoms with Crippen LogP contribution in [-0.2, 0) is 14.3 Å². The summed E-state index contributed by atoms with van der Waals surface area (Å²) in [5, 5.41) is 3.48. The van der Waals surface area contributed by atoms with Gasteiger partial charge < -0.3 is 19.5 Å². The Morgan fingerprint density at radius 3 is 2.66 bits per heavy atom. The van der Waals surface area contributed by atoms with Crippen molar-refractivity contribution in [1.82, 2.24) is 4.98 Å². The first-order valence-electron chi connectivity index (χ1n) is 8.81. The van der Waals surface area contributed by atoms with Gasteiger partial charge in [-0.2, -0.15) is 0 Å². The van der Waals surface area contributed by atoms with Crippen LogP contribution >= 0.6 is 11.6 Å². The minimum absolute atomic E-state index is 0.0392. The van der Waals surface area contributed by atoms with E-state index in [4.69, 9.17) is 20.8 Å². The van der Waals surface area contributed by atoms with Crippen molar-refractivity contribution in [2.24, 2.45) is 0 Å². The second-order valence-corrected chi connectivity index (χ2v) is 6.63. The molecule has 0 aliphatic carbocycles. The highest BCUT2D eigenvalue weighted by Crippen LogP contribution is 2.38. The average molecular weight is 411 g/mol. The summed E-state index contributed by atoms with van der Waals surface area (Å²) in [5.41, 5.74) is 1.62. The smallest absolute Gasteiger partial charge is 0.397 e. The first-order chi connectivity index (χ1) is 14.0. The molecular formula is C21H15ClN2O5. The van der Waals surface area contributed by atoms with E-state index in [9.17, 15) is 14.4 Å². The maximum atomic E-state index is 12.9. The van der Waals surface area contributed by atoms with Gasteiger partial charge in [-0.15, -0.1) is 0 Å². The molecule has 0 aliphatic heterocycles. The third-order valence-electron chi connectivity index (χ3n) is 4.35. The van der Waals surface area contributed by atoms with Crippen molar-refractivity contribution in [3.05, 3.63) is 63.9 Å². The largest absolute Gasteiger partial charge is 0.459 e. The second kappa shape index (κ2) is 7.44. The molecule has 8 heteroatoms. The fourth-order valence-corrected chi connectivity index (χ4v) is 3.31. The Balaban J connectivity index is 2.01. The van der Waals surface area contributed by atoms with Crippen molar-refractivity contribution >= 4 is 51.2 Å². The summed E-state index contributed by atoms with van der Waals surface area (Å²) in [5.74, 6) is -2.13. The molecule has 7 nitrogen and oxygen atoms in total. The van der Waals surface area contributed by atoms with E-state index in [1.165, 1.54) is 0 Å². The number of amides is 1. The molecule has 0 fully saturated rings. The summed E-state index contributed by atoms with van der Waals surface area (Å²) in [7, 11) is 0. The average Bonchev–Trinajstić information content (AvgIpc) is 3.06. The number of H-pyrrole nitrogens is 1. The van der Waals surface area contributed by atoms with Gasteiger partial charge >= 0.3 is 11.9 Å². The molecule has 146 valence electrons. The zero-order valence-electron chi connectivity index (χ0n) is 15.2. The lowest BCUT2D eigenvalue weighted by atomic mass is 10.0. The number of furan rings is 1. The molecule has 1 amide bonds. The number of carbonyl (C=O) groups is 2. The van der Waals surface area contributed by atoms with Crippen LogP contribution < -0.4 is 10.9 Å². The highest BCUT2D eigenvalue weighted by atomic mass is 35.5. The summed E-state index contributed by atoms with van der Waals surface area (Å²) in [6.45, 7) is 1.62. The Hall–Kier alpha value is -3.58. The summed E-state index contributed by atoms with van der Waals surface area (Å²) in [6, 6.07) is 14.0. The molecule has 0 unspecified atom stereocenters. The summed E-state index contributed by atoms with van der Waals surface area (Å²) in [6.07, 6.45) is 0. The van der Waals surface area contributed by atoms with Crippen molar-refractivity contribution in [2.45, 2.75) is 6.92 Å². The van der Waals surface area contributed by atoms with Gasteiger partial charge in [0.25, 0.3) is 5.56 Å². The first kappa shape index (κ1) is 18.8. The minimum atomic E-state index is -1.08. The molecule has 0 saturated carbocycles. The fraction of sp³-hybridized carbons (Fsp3) is 0.0952. The van der Waals surface area contributed by atoms with Gasteiger partial charge in [-0.1, -0.05) is 41.9 Å². The van der Waals surface area contributed by atoms with Crippen LogP contribution in [-0.4, -0.2) is 23.5 Å². The third-order valence-corrected chi connectivity index (χ3v) is 4.59. The number of hydrogen-bond acceptors (Lipinski definition) is 5. The van der Waals surface area contributed by atoms with Crippen LogP contribution in [0.3, 0.4) is 0 Å². The maximum absolute atomic E-state index is 12.9. The number of esters is 1. The van der Waals surface area contributed by atoms with Crippen LogP contribution in [0, 0.1) is 0 Å². The molecule has 0 bridgehead atoms. The first-order valence-corrected chi connectivity index (χ1v) is 9.19. The second-order valence-electron chi connectivity index (χ2n) is 6.19. The molecule has 4 aromatic rings. The van der Waals surface area contributed by atoms with Crippen molar-refractivity contribution in [2.75, 3.05) is 11.9 Å². The maximum Gasteiger partial charge on any atom is 0.397 e. The van der Waals surface area contributed by atoms with Crippen molar-refractivity contribution in [3.8, 4) is 11.1 Å². The number of aromatic nitrogens is 1. The summed E-state index contributed by atoms with van der Waals surface area (Å²) < 4.78 is 10.7. The van der Waals surface area contributed by atoms with Crippen LogP contribution in [0.15, 0.2) is 57.7 Å². The lowest BCUT2D eigenvalue weighted by Crippen LogP contribution is -2.28. The van der Waals surface area contributed by atoms with Gasteiger partial charge in [0.1, 0.15) is 11.3 Å². The van der Waals surface area contributed by atoms with Gasteiger partial charge in [0, 0.05) is 10.4 Å². The molecule has 2 heterocycles. The molecular weight excluding hydrogens is 396 g/mol. The minimum Gasteiger partial charge on any atom is -0.459 e. The summed E-state index contributed by atoms with van der Waals surface area (Å²) >= 11 is 6.10. The molecule has 0 radical (unpaired) electrons. The van der Waals surface area contributed by atoms with Gasteiger partial charge in [-0.3, -0.25) is 9.59 Å². The number of pyridine rings is 1. The molecule has 2 aromatic carbocycles. The third kappa shape index (κ3) is 3.36. The molecule has 4 rings (SSSR count). The van der Waals surface area contributed by atoms with Gasteiger partial charge in [0.15, 0.2) is 5.58 Å².